The number of hydrogen-bond donors (Lipinski definition) is 0. The first kappa shape index (κ1) is 17.7. The van der Waals surface area contributed by atoms with Crippen molar-refractivity contribution in [2.24, 2.45) is 7.05 Å². The molecule has 0 atom stereocenters. The largest absolute Gasteiger partial charge is 0.339 e. The minimum Gasteiger partial charge on any atom is -0.339 e. The number of rotatable bonds is 1. The Morgan fingerprint density at radius 1 is 1.15 bits per heavy atom. The number of hydrogen-bond acceptors (Lipinski definition) is 3. The van der Waals surface area contributed by atoms with Gasteiger partial charge in [-0.05, 0) is 25.0 Å². The summed E-state index contributed by atoms with van der Waals surface area (Å²) in [6.07, 6.45) is 1.88. The lowest BCUT2D eigenvalue weighted by atomic mass is 9.95. The summed E-state index contributed by atoms with van der Waals surface area (Å²) in [6.45, 7) is 11.6. The number of nitrogens with zero attached hydrogens (tertiary/aromatic N) is 4. The first-order chi connectivity index (χ1) is 12.7. The number of aromatic nitrogens is 3. The lowest BCUT2D eigenvalue weighted by molar-refractivity contribution is 0.0740. The van der Waals surface area contributed by atoms with Crippen LogP contribution in [0.25, 0.3) is 10.9 Å². The number of carbonyl (C=O) groups excluding carboxylic acids is 1. The van der Waals surface area contributed by atoms with Crippen LogP contribution in [0.4, 0.5) is 0 Å². The van der Waals surface area contributed by atoms with Gasteiger partial charge in [-0.2, -0.15) is 0 Å². The summed E-state index contributed by atoms with van der Waals surface area (Å²) in [5, 5.41) is 1.15. The molecular weight excluding hydrogens is 336 g/mol. The van der Waals surface area contributed by atoms with Crippen LogP contribution in [0, 0.1) is 13.8 Å². The van der Waals surface area contributed by atoms with Crippen molar-refractivity contribution in [2.45, 2.75) is 53.1 Å². The number of amides is 1. The Labute approximate surface area is 160 Å². The van der Waals surface area contributed by atoms with E-state index in [1.54, 1.807) is 0 Å². The van der Waals surface area contributed by atoms with Crippen LogP contribution in [0.1, 0.15) is 59.5 Å². The average molecular weight is 362 g/mol. The van der Waals surface area contributed by atoms with Gasteiger partial charge in [0.2, 0.25) is 0 Å². The minimum absolute atomic E-state index is 0.0564. The fourth-order valence-corrected chi connectivity index (χ4v) is 4.01. The molecule has 140 valence electrons. The van der Waals surface area contributed by atoms with Gasteiger partial charge in [0.1, 0.15) is 11.5 Å². The predicted molar refractivity (Wildman–Crippen MR) is 107 cm³/mol. The third-order valence-corrected chi connectivity index (χ3v) is 5.48. The van der Waals surface area contributed by atoms with Crippen molar-refractivity contribution in [2.75, 3.05) is 0 Å². The van der Waals surface area contributed by atoms with E-state index in [2.05, 4.69) is 44.8 Å². The van der Waals surface area contributed by atoms with Gasteiger partial charge in [0.05, 0.1) is 17.8 Å². The third-order valence-electron chi connectivity index (χ3n) is 5.48. The molecule has 0 saturated heterocycles. The highest BCUT2D eigenvalue weighted by atomic mass is 16.2. The number of benzene rings is 1. The summed E-state index contributed by atoms with van der Waals surface area (Å²) >= 11 is 0. The Morgan fingerprint density at radius 3 is 2.56 bits per heavy atom. The molecule has 0 spiro atoms. The molecule has 5 nitrogen and oxygen atoms in total. The number of para-hydroxylation sites is 1. The van der Waals surface area contributed by atoms with E-state index in [0.29, 0.717) is 13.1 Å². The maximum absolute atomic E-state index is 13.4. The van der Waals surface area contributed by atoms with Crippen LogP contribution in [0.3, 0.4) is 0 Å². The molecule has 2 aromatic heterocycles. The Morgan fingerprint density at radius 2 is 1.89 bits per heavy atom. The van der Waals surface area contributed by atoms with E-state index in [9.17, 15) is 4.79 Å². The Balaban J connectivity index is 1.71. The van der Waals surface area contributed by atoms with Gasteiger partial charge in [-0.1, -0.05) is 39.0 Å². The zero-order chi connectivity index (χ0) is 19.5. The molecule has 0 unspecified atom stereocenters. The zero-order valence-electron chi connectivity index (χ0n) is 16.9. The van der Waals surface area contributed by atoms with E-state index >= 15 is 0 Å². The normalized spacial score (nSPS) is 14.1. The molecule has 0 radical (unpaired) electrons. The topological polar surface area (TPSA) is 51.0 Å². The highest BCUT2D eigenvalue weighted by Crippen LogP contribution is 2.31. The van der Waals surface area contributed by atoms with Gasteiger partial charge in [0.25, 0.3) is 5.91 Å². The fourth-order valence-electron chi connectivity index (χ4n) is 4.01. The molecule has 0 N–H and O–H groups in total. The van der Waals surface area contributed by atoms with Crippen LogP contribution in [-0.2, 0) is 25.6 Å². The molecule has 0 fully saturated rings. The number of carbonyl (C=O) groups is 1. The fraction of sp³-hybridized carbons (Fsp3) is 0.409. The second-order valence-corrected chi connectivity index (χ2v) is 8.58. The predicted octanol–water partition coefficient (Wildman–Crippen LogP) is 4.04. The molecule has 1 aliphatic heterocycles. The first-order valence-electron chi connectivity index (χ1n) is 9.37. The third kappa shape index (κ3) is 2.73. The lowest BCUT2D eigenvalue weighted by Gasteiger charge is -2.17. The van der Waals surface area contributed by atoms with Gasteiger partial charge < -0.3 is 9.47 Å². The van der Waals surface area contributed by atoms with Crippen LogP contribution in [0.2, 0.25) is 0 Å². The van der Waals surface area contributed by atoms with E-state index in [1.165, 1.54) is 5.56 Å². The lowest BCUT2D eigenvalue weighted by Crippen LogP contribution is -2.28. The van der Waals surface area contributed by atoms with Crippen LogP contribution in [0.15, 0.2) is 24.4 Å². The molecule has 3 heterocycles. The Bertz CT molecular complexity index is 1070. The minimum atomic E-state index is -0.101. The van der Waals surface area contributed by atoms with Crippen molar-refractivity contribution in [3.8, 4) is 0 Å². The first-order valence-corrected chi connectivity index (χ1v) is 9.37. The Hall–Kier alpha value is -2.69. The number of aryl methyl sites for hydroxylation is 3. The van der Waals surface area contributed by atoms with Crippen LogP contribution < -0.4 is 0 Å². The smallest absolute Gasteiger partial charge is 0.271 e. The molecule has 4 rings (SSSR count). The molecule has 0 bridgehead atoms. The molecule has 0 saturated carbocycles. The number of fused-ring (bicyclic) bond motifs is 2. The van der Waals surface area contributed by atoms with Crippen molar-refractivity contribution in [3.63, 3.8) is 0 Å². The van der Waals surface area contributed by atoms with E-state index in [0.717, 1.165) is 39.2 Å². The van der Waals surface area contributed by atoms with Crippen LogP contribution in [-0.4, -0.2) is 25.3 Å². The van der Waals surface area contributed by atoms with Gasteiger partial charge in [0.15, 0.2) is 0 Å². The van der Waals surface area contributed by atoms with Gasteiger partial charge >= 0.3 is 0 Å². The second kappa shape index (κ2) is 5.91. The second-order valence-electron chi connectivity index (χ2n) is 8.58. The quantitative estimate of drug-likeness (QED) is 0.656. The van der Waals surface area contributed by atoms with Crippen molar-refractivity contribution in [1.82, 2.24) is 19.4 Å². The summed E-state index contributed by atoms with van der Waals surface area (Å²) < 4.78 is 2.04. The summed E-state index contributed by atoms with van der Waals surface area (Å²) in [4.78, 5) is 24.5. The highest BCUT2D eigenvalue weighted by Gasteiger charge is 2.30. The zero-order valence-corrected chi connectivity index (χ0v) is 16.9. The van der Waals surface area contributed by atoms with Gasteiger partial charge in [-0.25, -0.2) is 9.97 Å². The van der Waals surface area contributed by atoms with E-state index in [-0.39, 0.29) is 11.3 Å². The molecule has 1 aliphatic rings. The highest BCUT2D eigenvalue weighted by molar-refractivity contribution is 6.02. The molecule has 3 aromatic rings. The van der Waals surface area contributed by atoms with E-state index in [1.807, 2.05) is 35.7 Å². The molecule has 5 heteroatoms. The SMILES string of the molecule is Cc1c(C(=O)N2Cc3cnc(C(C)(C)C)nc3C2)n(C)c2c(C)cccc12. The van der Waals surface area contributed by atoms with Gasteiger partial charge in [0, 0.05) is 36.2 Å². The van der Waals surface area contributed by atoms with Crippen molar-refractivity contribution < 1.29 is 4.79 Å². The maximum atomic E-state index is 13.4. The summed E-state index contributed by atoms with van der Waals surface area (Å²) in [5.74, 6) is 0.882. The average Bonchev–Trinajstić information content (AvgIpc) is 3.13. The van der Waals surface area contributed by atoms with E-state index < -0.39 is 0 Å². The van der Waals surface area contributed by atoms with E-state index in [4.69, 9.17) is 4.98 Å². The van der Waals surface area contributed by atoms with Crippen molar-refractivity contribution in [3.05, 3.63) is 58.3 Å². The van der Waals surface area contributed by atoms with Gasteiger partial charge in [-0.15, -0.1) is 0 Å². The van der Waals surface area contributed by atoms with Gasteiger partial charge in [-0.3, -0.25) is 4.79 Å². The van der Waals surface area contributed by atoms with Crippen LogP contribution >= 0.6 is 0 Å². The van der Waals surface area contributed by atoms with Crippen molar-refractivity contribution >= 4 is 16.8 Å². The molecule has 27 heavy (non-hydrogen) atoms. The standard InChI is InChI=1S/C22H26N4O/c1-13-8-7-9-16-14(2)19(25(6)18(13)16)20(27)26-11-15-10-23-21(22(3,4)5)24-17(15)12-26/h7-10H,11-12H2,1-6H3. The summed E-state index contributed by atoms with van der Waals surface area (Å²) in [6, 6.07) is 6.23. The Kier molecular flexibility index (Phi) is 3.88. The summed E-state index contributed by atoms with van der Waals surface area (Å²) in [7, 11) is 1.98. The maximum Gasteiger partial charge on any atom is 0.271 e. The van der Waals surface area contributed by atoms with Crippen LogP contribution in [0.5, 0.6) is 0 Å². The summed E-state index contributed by atoms with van der Waals surface area (Å²) in [5.41, 5.74) is 6.03. The monoisotopic (exact) mass is 362 g/mol. The molecule has 1 aromatic carbocycles. The molecule has 1 amide bonds. The molecular formula is C22H26N4O. The van der Waals surface area contributed by atoms with Crippen molar-refractivity contribution in [1.29, 1.82) is 0 Å². The molecule has 0 aliphatic carbocycles.